The molecule has 132 valence electrons. The van der Waals surface area contributed by atoms with Crippen LogP contribution in [0.2, 0.25) is 0 Å². The first-order valence-electron chi connectivity index (χ1n) is 7.48. The fourth-order valence-electron chi connectivity index (χ4n) is 2.56. The van der Waals surface area contributed by atoms with Crippen molar-refractivity contribution < 1.29 is 17.6 Å². The van der Waals surface area contributed by atoms with Crippen LogP contribution in [-0.2, 0) is 19.8 Å². The second-order valence-corrected chi connectivity index (χ2v) is 5.63. The summed E-state index contributed by atoms with van der Waals surface area (Å²) in [5.74, 6) is -0.575. The van der Waals surface area contributed by atoms with Crippen molar-refractivity contribution in [2.75, 3.05) is 5.32 Å². The lowest BCUT2D eigenvalue weighted by Gasteiger charge is -2.08. The van der Waals surface area contributed by atoms with E-state index in [0.29, 0.717) is 5.69 Å². The van der Waals surface area contributed by atoms with Gasteiger partial charge in [0.1, 0.15) is 5.76 Å². The van der Waals surface area contributed by atoms with E-state index in [2.05, 4.69) is 20.4 Å². The third kappa shape index (κ3) is 3.65. The number of hydrogen-bond acceptors (Lipinski definition) is 5. The Bertz CT molecular complexity index is 898. The summed E-state index contributed by atoms with van der Waals surface area (Å²) in [6.45, 7) is 3.23. The molecule has 0 radical (unpaired) electrons. The van der Waals surface area contributed by atoms with Crippen molar-refractivity contribution in [2.45, 2.75) is 26.6 Å². The van der Waals surface area contributed by atoms with E-state index in [1.165, 1.54) is 13.0 Å². The van der Waals surface area contributed by atoms with E-state index < -0.39 is 11.9 Å². The van der Waals surface area contributed by atoms with Crippen LogP contribution >= 0.6 is 0 Å². The molecule has 0 saturated carbocycles. The third-order valence-corrected chi connectivity index (χ3v) is 3.57. The molecule has 0 bridgehead atoms. The lowest BCUT2D eigenvalue weighted by Crippen LogP contribution is -2.10. The van der Waals surface area contributed by atoms with Crippen LogP contribution < -0.4 is 5.32 Å². The molecule has 0 spiro atoms. The van der Waals surface area contributed by atoms with Crippen LogP contribution in [-0.4, -0.2) is 19.7 Å². The van der Waals surface area contributed by atoms with E-state index in [1.807, 2.05) is 13.1 Å². The van der Waals surface area contributed by atoms with Crippen molar-refractivity contribution in [3.8, 4) is 11.3 Å². The molecule has 9 heteroatoms. The average Bonchev–Trinajstić information content (AvgIpc) is 3.07. The Morgan fingerprint density at radius 2 is 2.04 bits per heavy atom. The number of halogens is 3. The number of aromatic nitrogens is 4. The van der Waals surface area contributed by atoms with Crippen molar-refractivity contribution >= 4 is 5.95 Å². The lowest BCUT2D eigenvalue weighted by atomic mass is 10.2. The SMILES string of the molecule is Cc1cc(CNc2nccc(-c3cn(C)nc3C)n2)c(C(F)(F)F)o1. The number of nitrogens with one attached hydrogen (secondary N) is 1. The molecule has 1 N–H and O–H groups in total. The van der Waals surface area contributed by atoms with Crippen LogP contribution in [0.5, 0.6) is 0 Å². The van der Waals surface area contributed by atoms with Crippen LogP contribution in [0.3, 0.4) is 0 Å². The Kier molecular flexibility index (Phi) is 4.23. The van der Waals surface area contributed by atoms with Gasteiger partial charge in [-0.3, -0.25) is 4.68 Å². The number of hydrogen-bond donors (Lipinski definition) is 1. The molecule has 0 atom stereocenters. The molecular weight excluding hydrogens is 335 g/mol. The van der Waals surface area contributed by atoms with Gasteiger partial charge in [0.15, 0.2) is 0 Å². The molecule has 25 heavy (non-hydrogen) atoms. The molecule has 0 aliphatic carbocycles. The number of alkyl halides is 3. The van der Waals surface area contributed by atoms with E-state index in [1.54, 1.807) is 24.0 Å². The molecule has 0 aromatic carbocycles. The highest BCUT2D eigenvalue weighted by molar-refractivity contribution is 5.61. The van der Waals surface area contributed by atoms with Crippen molar-refractivity contribution in [2.24, 2.45) is 7.05 Å². The Labute approximate surface area is 141 Å². The molecule has 3 rings (SSSR count). The number of anilines is 1. The van der Waals surface area contributed by atoms with Gasteiger partial charge in [0.25, 0.3) is 0 Å². The molecule has 0 saturated heterocycles. The normalized spacial score (nSPS) is 11.8. The van der Waals surface area contributed by atoms with Crippen molar-refractivity contribution in [1.82, 2.24) is 19.7 Å². The minimum atomic E-state index is -4.54. The molecular formula is C16H16F3N5O. The Morgan fingerprint density at radius 3 is 2.68 bits per heavy atom. The fraction of sp³-hybridized carbons (Fsp3) is 0.312. The second-order valence-electron chi connectivity index (χ2n) is 5.63. The van der Waals surface area contributed by atoms with Gasteiger partial charge in [-0.05, 0) is 26.0 Å². The van der Waals surface area contributed by atoms with Crippen molar-refractivity contribution in [3.05, 3.63) is 47.3 Å². The van der Waals surface area contributed by atoms with Gasteiger partial charge in [-0.2, -0.15) is 18.3 Å². The summed E-state index contributed by atoms with van der Waals surface area (Å²) in [6.07, 6.45) is -1.17. The van der Waals surface area contributed by atoms with Gasteiger partial charge < -0.3 is 9.73 Å². The van der Waals surface area contributed by atoms with Gasteiger partial charge in [0, 0.05) is 37.1 Å². The number of nitrogens with zero attached hydrogens (tertiary/aromatic N) is 4. The fourth-order valence-corrected chi connectivity index (χ4v) is 2.56. The zero-order valence-corrected chi connectivity index (χ0v) is 13.8. The van der Waals surface area contributed by atoms with Crippen LogP contribution in [0.4, 0.5) is 19.1 Å². The summed E-state index contributed by atoms with van der Waals surface area (Å²) in [5, 5.41) is 7.06. The maximum Gasteiger partial charge on any atom is 0.449 e. The first kappa shape index (κ1) is 17.0. The lowest BCUT2D eigenvalue weighted by molar-refractivity contribution is -0.154. The van der Waals surface area contributed by atoms with Gasteiger partial charge >= 0.3 is 6.18 Å². The second kappa shape index (κ2) is 6.23. The largest absolute Gasteiger partial charge is 0.456 e. The third-order valence-electron chi connectivity index (χ3n) is 3.57. The summed E-state index contributed by atoms with van der Waals surface area (Å²) < 4.78 is 45.3. The maximum absolute atomic E-state index is 13.0. The molecule has 0 unspecified atom stereocenters. The van der Waals surface area contributed by atoms with Gasteiger partial charge in [-0.15, -0.1) is 0 Å². The molecule has 0 amide bonds. The highest BCUT2D eigenvalue weighted by atomic mass is 19.4. The predicted octanol–water partition coefficient (Wildman–Crippen LogP) is 3.72. The minimum absolute atomic E-state index is 0.0107. The molecule has 0 fully saturated rings. The summed E-state index contributed by atoms with van der Waals surface area (Å²) in [6, 6.07) is 3.07. The number of aryl methyl sites for hydroxylation is 3. The zero-order chi connectivity index (χ0) is 18.2. The van der Waals surface area contributed by atoms with Gasteiger partial charge in [-0.1, -0.05) is 0 Å². The molecule has 0 aliphatic heterocycles. The van der Waals surface area contributed by atoms with E-state index in [0.717, 1.165) is 11.3 Å². The Hall–Kier alpha value is -2.84. The van der Waals surface area contributed by atoms with Crippen LogP contribution in [0.1, 0.15) is 22.8 Å². The summed E-state index contributed by atoms with van der Waals surface area (Å²) in [4.78, 5) is 8.40. The van der Waals surface area contributed by atoms with E-state index >= 15 is 0 Å². The molecule has 6 nitrogen and oxygen atoms in total. The maximum atomic E-state index is 13.0. The quantitative estimate of drug-likeness (QED) is 0.776. The highest BCUT2D eigenvalue weighted by Gasteiger charge is 2.37. The zero-order valence-electron chi connectivity index (χ0n) is 13.8. The standard InChI is InChI=1S/C16H16F3N5O/c1-9-6-11(14(25-9)16(17,18)19)7-21-15-20-5-4-13(22-15)12-8-24(3)23-10(12)2/h4-6,8H,7H2,1-3H3,(H,20,21,22). The first-order valence-corrected chi connectivity index (χ1v) is 7.48. The molecule has 0 aliphatic rings. The highest BCUT2D eigenvalue weighted by Crippen LogP contribution is 2.34. The monoisotopic (exact) mass is 351 g/mol. The van der Waals surface area contributed by atoms with Crippen molar-refractivity contribution in [3.63, 3.8) is 0 Å². The van der Waals surface area contributed by atoms with Crippen LogP contribution in [0.15, 0.2) is 28.9 Å². The summed E-state index contributed by atoms with van der Waals surface area (Å²) >= 11 is 0. The Morgan fingerprint density at radius 1 is 1.28 bits per heavy atom. The Balaban J connectivity index is 1.81. The van der Waals surface area contributed by atoms with Gasteiger partial charge in [0.05, 0.1) is 11.4 Å². The number of rotatable bonds is 4. The van der Waals surface area contributed by atoms with E-state index in [9.17, 15) is 13.2 Å². The molecule has 3 heterocycles. The minimum Gasteiger partial charge on any atom is -0.456 e. The first-order chi connectivity index (χ1) is 11.7. The van der Waals surface area contributed by atoms with E-state index in [4.69, 9.17) is 4.42 Å². The molecule has 3 aromatic heterocycles. The summed E-state index contributed by atoms with van der Waals surface area (Å²) in [7, 11) is 1.80. The topological polar surface area (TPSA) is 68.8 Å². The smallest absolute Gasteiger partial charge is 0.449 e. The average molecular weight is 351 g/mol. The predicted molar refractivity (Wildman–Crippen MR) is 84.7 cm³/mol. The van der Waals surface area contributed by atoms with Crippen LogP contribution in [0.25, 0.3) is 11.3 Å². The number of furan rings is 1. The van der Waals surface area contributed by atoms with Crippen molar-refractivity contribution in [1.29, 1.82) is 0 Å². The van der Waals surface area contributed by atoms with Gasteiger partial charge in [-0.25, -0.2) is 9.97 Å². The van der Waals surface area contributed by atoms with E-state index in [-0.39, 0.29) is 23.8 Å². The molecule has 3 aromatic rings. The van der Waals surface area contributed by atoms with Gasteiger partial charge in [0.2, 0.25) is 11.7 Å². The van der Waals surface area contributed by atoms with Crippen LogP contribution in [0, 0.1) is 13.8 Å². The summed E-state index contributed by atoms with van der Waals surface area (Å²) in [5.41, 5.74) is 2.29.